The molecule has 0 saturated heterocycles. The van der Waals surface area contributed by atoms with Crippen LogP contribution in [0.5, 0.6) is 5.75 Å². The Kier molecular flexibility index (Phi) is 9.70. The van der Waals surface area contributed by atoms with Crippen molar-refractivity contribution in [2.75, 3.05) is 32.2 Å². The van der Waals surface area contributed by atoms with Gasteiger partial charge in [0.15, 0.2) is 6.61 Å². The summed E-state index contributed by atoms with van der Waals surface area (Å²) in [5.41, 5.74) is 4.47. The highest BCUT2D eigenvalue weighted by Gasteiger charge is 2.11. The number of nitrogens with one attached hydrogen (secondary N) is 3. The van der Waals surface area contributed by atoms with Crippen LogP contribution >= 0.6 is 0 Å². The van der Waals surface area contributed by atoms with Gasteiger partial charge in [-0.2, -0.15) is 5.10 Å². The Hall–Kier alpha value is -3.72. The second-order valence-electron chi connectivity index (χ2n) is 6.53. The van der Waals surface area contributed by atoms with Crippen molar-refractivity contribution in [3.05, 3.63) is 59.7 Å². The van der Waals surface area contributed by atoms with Crippen LogP contribution in [-0.4, -0.2) is 50.8 Å². The number of methoxy groups -OCH3 is 1. The molecule has 9 heteroatoms. The van der Waals surface area contributed by atoms with E-state index < -0.39 is 11.8 Å². The van der Waals surface area contributed by atoms with Gasteiger partial charge in [-0.05, 0) is 42.7 Å². The van der Waals surface area contributed by atoms with E-state index in [1.165, 1.54) is 6.21 Å². The molecule has 0 saturated carbocycles. The van der Waals surface area contributed by atoms with Gasteiger partial charge in [-0.1, -0.05) is 30.3 Å². The molecule has 2 rings (SSSR count). The van der Waals surface area contributed by atoms with Gasteiger partial charge in [-0.15, -0.1) is 0 Å². The van der Waals surface area contributed by atoms with Crippen LogP contribution in [0.1, 0.15) is 17.5 Å². The zero-order valence-electron chi connectivity index (χ0n) is 17.5. The molecule has 0 heterocycles. The molecule has 0 atom stereocenters. The zero-order chi connectivity index (χ0) is 22.5. The third-order valence-electron chi connectivity index (χ3n) is 4.04. The normalized spacial score (nSPS) is 10.5. The minimum atomic E-state index is -0.867. The molecule has 164 valence electrons. The minimum Gasteiger partial charge on any atom is -0.484 e. The molecule has 2 aromatic carbocycles. The summed E-state index contributed by atoms with van der Waals surface area (Å²) in [6.07, 6.45) is 1.98. The van der Waals surface area contributed by atoms with Crippen LogP contribution in [-0.2, 0) is 19.1 Å². The van der Waals surface area contributed by atoms with Gasteiger partial charge in [0.1, 0.15) is 5.75 Å². The van der Waals surface area contributed by atoms with Crippen molar-refractivity contribution in [2.24, 2.45) is 5.10 Å². The number of carbonyl (C=O) groups excluding carboxylic acids is 3. The number of nitrogens with zero attached hydrogens (tertiary/aromatic N) is 1. The standard InChI is InChI=1S/C22H26N4O5/c1-16-7-3-4-10-19(16)25-20(27)15-31-18-9-5-8-17(13-18)14-24-26-22(29)21(28)23-11-6-12-30-2/h3-5,7-10,13-14H,6,11-12,15H2,1-2H3,(H,23,28)(H,25,27)(H,26,29)/b24-14-. The molecule has 0 bridgehead atoms. The number of carbonyl (C=O) groups is 3. The van der Waals surface area contributed by atoms with Crippen LogP contribution < -0.4 is 20.8 Å². The van der Waals surface area contributed by atoms with Gasteiger partial charge in [-0.25, -0.2) is 5.43 Å². The molecule has 3 N–H and O–H groups in total. The Morgan fingerprint density at radius 3 is 2.65 bits per heavy atom. The van der Waals surface area contributed by atoms with Crippen LogP contribution in [0, 0.1) is 6.92 Å². The largest absolute Gasteiger partial charge is 0.484 e. The first-order valence-corrected chi connectivity index (χ1v) is 9.68. The molecular formula is C22H26N4O5. The second kappa shape index (κ2) is 12.8. The van der Waals surface area contributed by atoms with Crippen LogP contribution in [0.2, 0.25) is 0 Å². The predicted molar refractivity (Wildman–Crippen MR) is 117 cm³/mol. The summed E-state index contributed by atoms with van der Waals surface area (Å²) in [6.45, 7) is 2.57. The number of rotatable bonds is 10. The van der Waals surface area contributed by atoms with E-state index in [1.54, 1.807) is 31.4 Å². The van der Waals surface area contributed by atoms with Gasteiger partial charge in [0.25, 0.3) is 5.91 Å². The Labute approximate surface area is 180 Å². The molecule has 0 unspecified atom stereocenters. The minimum absolute atomic E-state index is 0.158. The quantitative estimate of drug-likeness (QED) is 0.231. The molecule has 0 aliphatic carbocycles. The average molecular weight is 426 g/mol. The number of hydrazone groups is 1. The summed E-state index contributed by atoms with van der Waals surface area (Å²) in [5.74, 6) is -1.46. The SMILES string of the molecule is COCCCNC(=O)C(=O)N/N=C\c1cccc(OCC(=O)Nc2ccccc2C)c1. The Balaban J connectivity index is 1.79. The van der Waals surface area contributed by atoms with Crippen molar-refractivity contribution in [1.29, 1.82) is 0 Å². The fourth-order valence-electron chi connectivity index (χ4n) is 2.45. The highest BCUT2D eigenvalue weighted by Crippen LogP contribution is 2.14. The van der Waals surface area contributed by atoms with E-state index in [0.717, 1.165) is 11.3 Å². The average Bonchev–Trinajstić information content (AvgIpc) is 2.77. The predicted octanol–water partition coefficient (Wildman–Crippen LogP) is 1.62. The van der Waals surface area contributed by atoms with Gasteiger partial charge < -0.3 is 20.1 Å². The molecule has 0 aliphatic heterocycles. The van der Waals surface area contributed by atoms with Crippen LogP contribution in [0.4, 0.5) is 5.69 Å². The molecular weight excluding hydrogens is 400 g/mol. The number of anilines is 1. The van der Waals surface area contributed by atoms with Crippen molar-refractivity contribution in [1.82, 2.24) is 10.7 Å². The lowest BCUT2D eigenvalue weighted by molar-refractivity contribution is -0.139. The maximum Gasteiger partial charge on any atom is 0.329 e. The van der Waals surface area contributed by atoms with E-state index in [-0.39, 0.29) is 12.5 Å². The fraction of sp³-hybridized carbons (Fsp3) is 0.273. The van der Waals surface area contributed by atoms with Crippen LogP contribution in [0.25, 0.3) is 0 Å². The molecule has 0 aliphatic rings. The molecule has 0 aromatic heterocycles. The smallest absolute Gasteiger partial charge is 0.329 e. The molecule has 9 nitrogen and oxygen atoms in total. The maximum atomic E-state index is 12.1. The maximum absolute atomic E-state index is 12.1. The van der Waals surface area contributed by atoms with Gasteiger partial charge in [-0.3, -0.25) is 14.4 Å². The molecule has 31 heavy (non-hydrogen) atoms. The summed E-state index contributed by atoms with van der Waals surface area (Å²) in [5, 5.41) is 9.02. The van der Waals surface area contributed by atoms with E-state index >= 15 is 0 Å². The molecule has 0 spiro atoms. The number of benzene rings is 2. The molecule has 2 aromatic rings. The number of ether oxygens (including phenoxy) is 2. The summed E-state index contributed by atoms with van der Waals surface area (Å²) in [6, 6.07) is 14.3. The van der Waals surface area contributed by atoms with E-state index in [1.807, 2.05) is 31.2 Å². The van der Waals surface area contributed by atoms with Crippen molar-refractivity contribution in [3.63, 3.8) is 0 Å². The number of amides is 3. The van der Waals surface area contributed by atoms with Crippen LogP contribution in [0.3, 0.4) is 0 Å². The highest BCUT2D eigenvalue weighted by molar-refractivity contribution is 6.35. The van der Waals surface area contributed by atoms with Crippen molar-refractivity contribution >= 4 is 29.6 Å². The van der Waals surface area contributed by atoms with Gasteiger partial charge in [0.05, 0.1) is 6.21 Å². The van der Waals surface area contributed by atoms with Gasteiger partial charge in [0, 0.05) is 25.9 Å². The van der Waals surface area contributed by atoms with E-state index in [4.69, 9.17) is 9.47 Å². The first-order valence-electron chi connectivity index (χ1n) is 9.68. The summed E-state index contributed by atoms with van der Waals surface area (Å²) in [4.78, 5) is 35.4. The monoisotopic (exact) mass is 426 g/mol. The number of hydrogen-bond donors (Lipinski definition) is 3. The lowest BCUT2D eigenvalue weighted by atomic mass is 10.2. The first-order chi connectivity index (χ1) is 15.0. The summed E-state index contributed by atoms with van der Waals surface area (Å²) in [7, 11) is 1.56. The van der Waals surface area contributed by atoms with E-state index in [9.17, 15) is 14.4 Å². The van der Waals surface area contributed by atoms with Crippen LogP contribution in [0.15, 0.2) is 53.6 Å². The van der Waals surface area contributed by atoms with Crippen molar-refractivity contribution in [3.8, 4) is 5.75 Å². The fourth-order valence-corrected chi connectivity index (χ4v) is 2.45. The number of para-hydroxylation sites is 1. The molecule has 0 fully saturated rings. The number of hydrogen-bond acceptors (Lipinski definition) is 6. The molecule has 3 amide bonds. The van der Waals surface area contributed by atoms with Crippen molar-refractivity contribution in [2.45, 2.75) is 13.3 Å². The van der Waals surface area contributed by atoms with Gasteiger partial charge >= 0.3 is 11.8 Å². The third-order valence-corrected chi connectivity index (χ3v) is 4.04. The molecule has 0 radical (unpaired) electrons. The lowest BCUT2D eigenvalue weighted by Gasteiger charge is -2.09. The topological polar surface area (TPSA) is 118 Å². The summed E-state index contributed by atoms with van der Waals surface area (Å²) >= 11 is 0. The zero-order valence-corrected chi connectivity index (χ0v) is 17.5. The Morgan fingerprint density at radius 1 is 1.06 bits per heavy atom. The van der Waals surface area contributed by atoms with Crippen molar-refractivity contribution < 1.29 is 23.9 Å². The Bertz CT molecular complexity index is 930. The highest BCUT2D eigenvalue weighted by atomic mass is 16.5. The number of aryl methyl sites for hydroxylation is 1. The second-order valence-corrected chi connectivity index (χ2v) is 6.53. The van der Waals surface area contributed by atoms with E-state index in [2.05, 4.69) is 21.2 Å². The first kappa shape index (κ1) is 23.6. The Morgan fingerprint density at radius 2 is 1.87 bits per heavy atom. The summed E-state index contributed by atoms with van der Waals surface area (Å²) < 4.78 is 10.4. The lowest BCUT2D eigenvalue weighted by Crippen LogP contribution is -2.38. The van der Waals surface area contributed by atoms with E-state index in [0.29, 0.717) is 30.9 Å². The third kappa shape index (κ3) is 8.67. The van der Waals surface area contributed by atoms with Gasteiger partial charge in [0.2, 0.25) is 0 Å².